The van der Waals surface area contributed by atoms with Crippen molar-refractivity contribution in [1.29, 1.82) is 0 Å². The van der Waals surface area contributed by atoms with Gasteiger partial charge in [-0.3, -0.25) is 14.4 Å². The lowest BCUT2D eigenvalue weighted by Gasteiger charge is -2.17. The summed E-state index contributed by atoms with van der Waals surface area (Å²) in [5.74, 6) is -0.812. The van der Waals surface area contributed by atoms with Crippen molar-refractivity contribution < 1.29 is 38.5 Å². The Morgan fingerprint density at radius 2 is 1.51 bits per heavy atom. The number of ether oxygens (including phenoxy) is 2. The average Bonchev–Trinajstić information content (AvgIpc) is 3.08. The summed E-state index contributed by atoms with van der Waals surface area (Å²) in [5, 5.41) is 26.3. The van der Waals surface area contributed by atoms with Crippen LogP contribution >= 0.6 is 11.6 Å². The van der Waals surface area contributed by atoms with Crippen molar-refractivity contribution in [2.45, 2.75) is 51.4 Å². The molecule has 0 saturated heterocycles. The maximum absolute atomic E-state index is 12.9. The van der Waals surface area contributed by atoms with Crippen molar-refractivity contribution >= 4 is 40.4 Å². The van der Waals surface area contributed by atoms with E-state index in [1.807, 2.05) is 0 Å². The van der Waals surface area contributed by atoms with Crippen molar-refractivity contribution in [3.05, 3.63) is 75.9 Å². The van der Waals surface area contributed by atoms with E-state index in [2.05, 4.69) is 10.6 Å². The van der Waals surface area contributed by atoms with Crippen LogP contribution in [-0.4, -0.2) is 73.4 Å². The number of carboxylic acids is 1. The second-order valence-electron chi connectivity index (χ2n) is 11.6. The molecule has 262 valence electrons. The molecule has 0 fully saturated rings. The van der Waals surface area contributed by atoms with Crippen LogP contribution in [0.5, 0.6) is 5.75 Å². The highest BCUT2D eigenvalue weighted by Crippen LogP contribution is 2.42. The molecule has 11 nitrogen and oxygen atoms in total. The van der Waals surface area contributed by atoms with E-state index < -0.39 is 11.9 Å². The van der Waals surface area contributed by atoms with Gasteiger partial charge in [0.05, 0.1) is 25.4 Å². The lowest BCUT2D eigenvalue weighted by molar-refractivity contribution is -0.121. The Morgan fingerprint density at radius 3 is 2.31 bits per heavy atom. The number of hydrogen-bond donors (Lipinski definition) is 4. The first-order valence-electron chi connectivity index (χ1n) is 16.6. The van der Waals surface area contributed by atoms with Gasteiger partial charge in [0, 0.05) is 66.2 Å². The third-order valence-electron chi connectivity index (χ3n) is 7.94. The number of benzene rings is 3. The number of nitrogens with one attached hydrogen (secondary N) is 2. The van der Waals surface area contributed by atoms with Crippen LogP contribution in [0.2, 0.25) is 0 Å². The molecule has 49 heavy (non-hydrogen) atoms. The standard InChI is InChI=1S/C37H43ClN2O9/c38-15-5-1-2-7-18-47-20-21-48-19-17-39-34(43)8-4-3-6-16-40-36(44)25-9-12-28(31(22-25)37(45)46)35-29-13-10-26(41)23-32(29)49-33-24-27(42)11-14-30(33)35/h9-14,22-24,41H,1-8,15-21H2,(H,39,43)(H,40,44)(H,45,46). The van der Waals surface area contributed by atoms with Crippen molar-refractivity contribution in [3.63, 3.8) is 0 Å². The highest BCUT2D eigenvalue weighted by Gasteiger charge is 2.23. The zero-order chi connectivity index (χ0) is 35.0. The molecule has 12 heteroatoms. The van der Waals surface area contributed by atoms with E-state index in [1.165, 1.54) is 30.3 Å². The molecule has 1 aliphatic heterocycles. The summed E-state index contributed by atoms with van der Waals surface area (Å²) in [6, 6.07) is 13.2. The normalized spacial score (nSPS) is 11.2. The summed E-state index contributed by atoms with van der Waals surface area (Å²) in [4.78, 5) is 49.5. The Kier molecular flexibility index (Phi) is 14.9. The van der Waals surface area contributed by atoms with Gasteiger partial charge in [-0.05, 0) is 67.6 Å². The molecule has 0 aromatic heterocycles. The summed E-state index contributed by atoms with van der Waals surface area (Å²) in [6.07, 6.45) is 6.71. The third-order valence-corrected chi connectivity index (χ3v) is 8.20. The molecule has 0 atom stereocenters. The highest BCUT2D eigenvalue weighted by molar-refractivity contribution is 6.17. The predicted molar refractivity (Wildman–Crippen MR) is 188 cm³/mol. The molecule has 1 aliphatic carbocycles. The van der Waals surface area contributed by atoms with E-state index in [0.29, 0.717) is 86.7 Å². The Balaban J connectivity index is 1.21. The number of rotatable bonds is 21. The maximum atomic E-state index is 12.9. The molecule has 0 spiro atoms. The number of aromatic hydroxyl groups is 1. The van der Waals surface area contributed by atoms with Crippen LogP contribution in [0.3, 0.4) is 0 Å². The maximum Gasteiger partial charge on any atom is 0.336 e. The van der Waals surface area contributed by atoms with E-state index in [0.717, 1.165) is 32.1 Å². The zero-order valence-electron chi connectivity index (χ0n) is 27.4. The first-order valence-corrected chi connectivity index (χ1v) is 17.2. The molecule has 2 aromatic carbocycles. The van der Waals surface area contributed by atoms with E-state index in [1.54, 1.807) is 24.3 Å². The van der Waals surface area contributed by atoms with Crippen molar-refractivity contribution in [2.24, 2.45) is 0 Å². The number of fused-ring (bicyclic) bond motifs is 2. The minimum atomic E-state index is -1.23. The fraction of sp³-hybridized carbons (Fsp3) is 0.405. The van der Waals surface area contributed by atoms with Crippen molar-refractivity contribution in [3.8, 4) is 28.2 Å². The summed E-state index contributed by atoms with van der Waals surface area (Å²) in [5.41, 5.74) is 1.42. The number of aromatic carboxylic acids is 1. The molecule has 0 radical (unpaired) electrons. The zero-order valence-corrected chi connectivity index (χ0v) is 28.2. The molecule has 2 amide bonds. The molecule has 0 bridgehead atoms. The quantitative estimate of drug-likeness (QED) is 0.0451. The molecule has 4 rings (SSSR count). The van der Waals surface area contributed by atoms with Crippen LogP contribution in [0.1, 0.15) is 72.1 Å². The van der Waals surface area contributed by atoms with Crippen molar-refractivity contribution in [1.82, 2.24) is 10.6 Å². The van der Waals surface area contributed by atoms with Gasteiger partial charge >= 0.3 is 5.97 Å². The monoisotopic (exact) mass is 694 g/mol. The van der Waals surface area contributed by atoms with E-state index in [9.17, 15) is 29.4 Å². The van der Waals surface area contributed by atoms with Gasteiger partial charge in [0.1, 0.15) is 17.1 Å². The number of unbranched alkanes of at least 4 members (excludes halogenated alkanes) is 5. The van der Waals surface area contributed by atoms with Gasteiger partial charge in [-0.2, -0.15) is 0 Å². The minimum absolute atomic E-state index is 0.0487. The second-order valence-corrected chi connectivity index (χ2v) is 12.0. The number of alkyl halides is 1. The summed E-state index contributed by atoms with van der Waals surface area (Å²) >= 11 is 5.66. The van der Waals surface area contributed by atoms with Gasteiger partial charge in [-0.15, -0.1) is 11.6 Å². The number of amides is 2. The van der Waals surface area contributed by atoms with Crippen LogP contribution in [-0.2, 0) is 14.3 Å². The fourth-order valence-corrected chi connectivity index (χ4v) is 5.64. The molecule has 1 heterocycles. The molecule has 2 aliphatic rings. The van der Waals surface area contributed by atoms with Crippen LogP contribution in [0.4, 0.5) is 0 Å². The third kappa shape index (κ3) is 11.3. The Morgan fingerprint density at radius 1 is 0.755 bits per heavy atom. The lowest BCUT2D eigenvalue weighted by atomic mass is 9.90. The number of phenolic OH excluding ortho intramolecular Hbond substituents is 1. The number of carbonyl (C=O) groups excluding carboxylic acids is 2. The molecule has 2 aromatic rings. The molecular weight excluding hydrogens is 652 g/mol. The highest BCUT2D eigenvalue weighted by atomic mass is 35.5. The smallest absolute Gasteiger partial charge is 0.336 e. The van der Waals surface area contributed by atoms with Gasteiger partial charge in [0.15, 0.2) is 5.43 Å². The predicted octanol–water partition coefficient (Wildman–Crippen LogP) is 6.21. The van der Waals surface area contributed by atoms with E-state index in [4.69, 9.17) is 25.5 Å². The largest absolute Gasteiger partial charge is 0.508 e. The molecular formula is C37H43ClN2O9. The van der Waals surface area contributed by atoms with Gasteiger partial charge < -0.3 is 34.7 Å². The van der Waals surface area contributed by atoms with E-state index in [-0.39, 0.29) is 39.6 Å². The molecule has 4 N–H and O–H groups in total. The first kappa shape index (κ1) is 37.4. The lowest BCUT2D eigenvalue weighted by Crippen LogP contribution is -2.27. The summed E-state index contributed by atoms with van der Waals surface area (Å²) in [6.45, 7) is 2.95. The van der Waals surface area contributed by atoms with Gasteiger partial charge in [-0.25, -0.2) is 4.79 Å². The first-order chi connectivity index (χ1) is 23.8. The van der Waals surface area contributed by atoms with Gasteiger partial charge in [-0.1, -0.05) is 25.3 Å². The Bertz CT molecular complexity index is 1740. The van der Waals surface area contributed by atoms with Crippen LogP contribution in [0.15, 0.2) is 63.8 Å². The average molecular weight is 695 g/mol. The SMILES string of the molecule is O=C(CCCCCNC(=O)c1ccc(-c2c3ccc(=O)cc-3oc3cc(O)ccc23)c(C(=O)O)c1)NCCOCCOCCCCCCCl. The van der Waals surface area contributed by atoms with Crippen LogP contribution in [0, 0.1) is 0 Å². The second kappa shape index (κ2) is 19.5. The number of carboxylic acid groups (broad SMARTS) is 1. The number of hydrogen-bond acceptors (Lipinski definition) is 8. The van der Waals surface area contributed by atoms with Crippen molar-refractivity contribution in [2.75, 3.05) is 45.4 Å². The van der Waals surface area contributed by atoms with Crippen LogP contribution < -0.4 is 16.1 Å². The molecule has 0 unspecified atom stereocenters. The topological polar surface area (TPSA) is 164 Å². The summed E-state index contributed by atoms with van der Waals surface area (Å²) < 4.78 is 16.9. The fourth-order valence-electron chi connectivity index (χ4n) is 5.45. The van der Waals surface area contributed by atoms with Crippen LogP contribution in [0.25, 0.3) is 33.4 Å². The Hall–Kier alpha value is -4.45. The van der Waals surface area contributed by atoms with Gasteiger partial charge in [0.2, 0.25) is 5.91 Å². The summed E-state index contributed by atoms with van der Waals surface area (Å²) in [7, 11) is 0. The number of halogens is 1. The number of phenols is 1. The van der Waals surface area contributed by atoms with Gasteiger partial charge in [0.25, 0.3) is 5.91 Å². The Labute approximate surface area is 289 Å². The van der Waals surface area contributed by atoms with E-state index >= 15 is 0 Å². The minimum Gasteiger partial charge on any atom is -0.508 e. The number of carbonyl (C=O) groups is 3. The molecule has 0 saturated carbocycles.